The molecule has 60 valence electrons. The Kier molecular flexibility index (Phi) is 4.44. The second-order valence-electron chi connectivity index (χ2n) is 2.53. The van der Waals surface area contributed by atoms with Gasteiger partial charge in [-0.3, -0.25) is 0 Å². The third-order valence-corrected chi connectivity index (χ3v) is 1.82. The molecule has 0 aliphatic carbocycles. The number of carbonyl (C=O) groups excluding carboxylic acids is 1. The van der Waals surface area contributed by atoms with Crippen LogP contribution >= 0.6 is 0 Å². The molecule has 0 aromatic heterocycles. The van der Waals surface area contributed by atoms with Gasteiger partial charge in [-0.1, -0.05) is 18.2 Å². The zero-order valence-electron chi connectivity index (χ0n) is 7.13. The molecular formula is C9H9O2Tl. The van der Waals surface area contributed by atoms with Crippen LogP contribution in [0, 0.1) is 13.8 Å². The minimum atomic E-state index is -1.11. The van der Waals surface area contributed by atoms with Crippen molar-refractivity contribution in [2.75, 3.05) is 0 Å². The Morgan fingerprint density at radius 3 is 2.33 bits per heavy atom. The fraction of sp³-hybridized carbons (Fsp3) is 0.222. The summed E-state index contributed by atoms with van der Waals surface area (Å²) in [5.74, 6) is -1.11. The Balaban J connectivity index is 0.00000121. The maximum Gasteiger partial charge on any atom is 1.00 e. The molecule has 1 aromatic carbocycles. The van der Waals surface area contributed by atoms with E-state index in [9.17, 15) is 9.90 Å². The number of carboxylic acids is 1. The van der Waals surface area contributed by atoms with Crippen molar-refractivity contribution >= 4 is 33.3 Å². The van der Waals surface area contributed by atoms with E-state index in [4.69, 9.17) is 0 Å². The minimum absolute atomic E-state index is 0. The summed E-state index contributed by atoms with van der Waals surface area (Å²) in [4.78, 5) is 10.5. The van der Waals surface area contributed by atoms with Crippen molar-refractivity contribution in [3.63, 3.8) is 0 Å². The summed E-state index contributed by atoms with van der Waals surface area (Å²) in [5, 5.41) is 10.5. The van der Waals surface area contributed by atoms with Crippen LogP contribution in [0.25, 0.3) is 0 Å². The van der Waals surface area contributed by atoms with E-state index in [0.717, 1.165) is 11.1 Å². The number of carboxylic acid groups (broad SMARTS) is 1. The first-order valence-corrected chi connectivity index (χ1v) is 3.40. The molecule has 0 aliphatic heterocycles. The van der Waals surface area contributed by atoms with Crippen molar-refractivity contribution in [2.45, 2.75) is 13.8 Å². The Bertz CT molecular complexity index is 295. The predicted octanol–water partition coefficient (Wildman–Crippen LogP) is 0.286. The monoisotopic (exact) mass is 354 g/mol. The molecule has 0 saturated heterocycles. The molecule has 0 unspecified atom stereocenters. The van der Waals surface area contributed by atoms with Crippen molar-refractivity contribution in [2.24, 2.45) is 0 Å². The van der Waals surface area contributed by atoms with Gasteiger partial charge < -0.3 is 9.90 Å². The Hall–Kier alpha value is -0.388. The van der Waals surface area contributed by atoms with Gasteiger partial charge >= 0.3 is 27.3 Å². The fourth-order valence-corrected chi connectivity index (χ4v) is 0.972. The van der Waals surface area contributed by atoms with Gasteiger partial charge in [0.2, 0.25) is 0 Å². The zero-order chi connectivity index (χ0) is 8.43. The molecular weight excluding hydrogens is 344 g/mol. The number of hydrogen-bond acceptors (Lipinski definition) is 2. The van der Waals surface area contributed by atoms with E-state index in [-0.39, 0.29) is 32.9 Å². The van der Waals surface area contributed by atoms with Crippen LogP contribution in [-0.4, -0.2) is 33.3 Å². The molecule has 12 heavy (non-hydrogen) atoms. The topological polar surface area (TPSA) is 40.1 Å². The molecule has 0 amide bonds. The van der Waals surface area contributed by atoms with Crippen molar-refractivity contribution < 1.29 is 9.90 Å². The SMILES string of the molecule is Cc1cccc(C(=O)[O-])c1C.[Tl+]. The number of hydrogen-bond donors (Lipinski definition) is 0. The van der Waals surface area contributed by atoms with Crippen LogP contribution in [0.5, 0.6) is 0 Å². The molecule has 0 atom stereocenters. The average molecular weight is 354 g/mol. The van der Waals surface area contributed by atoms with Crippen molar-refractivity contribution in [1.29, 1.82) is 0 Å². The van der Waals surface area contributed by atoms with Gasteiger partial charge in [-0.25, -0.2) is 0 Å². The van der Waals surface area contributed by atoms with Crippen LogP contribution < -0.4 is 5.11 Å². The first kappa shape index (κ1) is 11.6. The van der Waals surface area contributed by atoms with Crippen LogP contribution in [0.3, 0.4) is 0 Å². The second-order valence-corrected chi connectivity index (χ2v) is 2.53. The van der Waals surface area contributed by atoms with Gasteiger partial charge in [0.05, 0.1) is 5.97 Å². The van der Waals surface area contributed by atoms with Gasteiger partial charge in [0.15, 0.2) is 0 Å². The van der Waals surface area contributed by atoms with Crippen LogP contribution in [0.1, 0.15) is 21.5 Å². The fourth-order valence-electron chi connectivity index (χ4n) is 0.972. The van der Waals surface area contributed by atoms with E-state index >= 15 is 0 Å². The van der Waals surface area contributed by atoms with Crippen molar-refractivity contribution in [3.05, 3.63) is 34.9 Å². The second kappa shape index (κ2) is 4.59. The molecule has 0 saturated carbocycles. The smallest absolute Gasteiger partial charge is 0.545 e. The summed E-state index contributed by atoms with van der Waals surface area (Å²) >= 11 is 0. The third-order valence-electron chi connectivity index (χ3n) is 1.82. The average Bonchev–Trinajstić information content (AvgIpc) is 1.94. The molecule has 1 rings (SSSR count). The summed E-state index contributed by atoms with van der Waals surface area (Å²) in [5.41, 5.74) is 2.05. The number of carbonyl (C=O) groups is 1. The summed E-state index contributed by atoms with van der Waals surface area (Å²) in [6.07, 6.45) is 0. The van der Waals surface area contributed by atoms with Gasteiger partial charge in [-0.2, -0.15) is 0 Å². The van der Waals surface area contributed by atoms with Crippen molar-refractivity contribution in [3.8, 4) is 0 Å². The number of aryl methyl sites for hydroxylation is 1. The largest absolute Gasteiger partial charge is 1.00 e. The molecule has 0 aliphatic rings. The summed E-state index contributed by atoms with van der Waals surface area (Å²) in [7, 11) is 0. The van der Waals surface area contributed by atoms with E-state index in [0.29, 0.717) is 0 Å². The van der Waals surface area contributed by atoms with E-state index in [1.54, 1.807) is 19.1 Å². The molecule has 1 aromatic rings. The van der Waals surface area contributed by atoms with Crippen molar-refractivity contribution in [1.82, 2.24) is 0 Å². The van der Waals surface area contributed by atoms with E-state index in [2.05, 4.69) is 0 Å². The summed E-state index contributed by atoms with van der Waals surface area (Å²) in [6.45, 7) is 3.66. The molecule has 0 radical (unpaired) electrons. The molecule has 3 heteroatoms. The first-order valence-electron chi connectivity index (χ1n) is 3.40. The molecule has 0 heterocycles. The predicted molar refractivity (Wildman–Crippen MR) is 46.0 cm³/mol. The van der Waals surface area contributed by atoms with Gasteiger partial charge in [0.1, 0.15) is 0 Å². The molecule has 0 N–H and O–H groups in total. The van der Waals surface area contributed by atoms with E-state index < -0.39 is 5.97 Å². The number of rotatable bonds is 1. The van der Waals surface area contributed by atoms with E-state index in [1.165, 1.54) is 0 Å². The molecule has 0 fully saturated rings. The maximum absolute atomic E-state index is 10.5. The van der Waals surface area contributed by atoms with Gasteiger partial charge in [-0.15, -0.1) is 0 Å². The van der Waals surface area contributed by atoms with Crippen LogP contribution in [0.15, 0.2) is 18.2 Å². The van der Waals surface area contributed by atoms with Gasteiger partial charge in [0.25, 0.3) is 0 Å². The Morgan fingerprint density at radius 2 is 1.92 bits per heavy atom. The third kappa shape index (κ3) is 2.30. The first-order chi connectivity index (χ1) is 5.13. The standard InChI is InChI=1S/C9H10O2.Tl/c1-6-4-3-5-8(7(6)2)9(10)11;/h3-5H,1-2H3,(H,10,11);/q;+1/p-1. The van der Waals surface area contributed by atoms with Gasteiger partial charge in [-0.05, 0) is 25.0 Å². The summed E-state index contributed by atoms with van der Waals surface area (Å²) < 4.78 is 0. The Morgan fingerprint density at radius 1 is 1.33 bits per heavy atom. The van der Waals surface area contributed by atoms with Crippen LogP contribution in [0.4, 0.5) is 0 Å². The zero-order valence-corrected chi connectivity index (χ0v) is 11.6. The molecule has 0 spiro atoms. The quantitative estimate of drug-likeness (QED) is 0.681. The maximum atomic E-state index is 10.5. The Labute approximate surface area is 91.8 Å². The van der Waals surface area contributed by atoms with Crippen LogP contribution in [-0.2, 0) is 0 Å². The number of aromatic carboxylic acids is 1. The minimum Gasteiger partial charge on any atom is -0.545 e. The van der Waals surface area contributed by atoms with E-state index in [1.807, 2.05) is 13.0 Å². The molecule has 0 bridgehead atoms. The van der Waals surface area contributed by atoms with Crippen LogP contribution in [0.2, 0.25) is 0 Å². The molecule has 2 nitrogen and oxygen atoms in total. The van der Waals surface area contributed by atoms with Gasteiger partial charge in [0, 0.05) is 5.56 Å². The normalized spacial score (nSPS) is 8.83. The summed E-state index contributed by atoms with van der Waals surface area (Å²) in [6, 6.07) is 5.15. The number of benzene rings is 1.